The summed E-state index contributed by atoms with van der Waals surface area (Å²) >= 11 is 3.15. The van der Waals surface area contributed by atoms with Crippen LogP contribution >= 0.6 is 15.9 Å². The van der Waals surface area contributed by atoms with Crippen molar-refractivity contribution in [3.8, 4) is 0 Å². The molecule has 0 aliphatic rings. The summed E-state index contributed by atoms with van der Waals surface area (Å²) in [5.41, 5.74) is 6.12. The number of rotatable bonds is 3. The molecule has 0 amide bonds. The maximum atomic E-state index is 13.7. The molecule has 2 aromatic rings. The minimum atomic E-state index is -3.93. The van der Waals surface area contributed by atoms with Gasteiger partial charge in [0.2, 0.25) is 10.0 Å². The van der Waals surface area contributed by atoms with Crippen molar-refractivity contribution < 1.29 is 12.8 Å². The van der Waals surface area contributed by atoms with Crippen molar-refractivity contribution in [2.24, 2.45) is 5.14 Å². The normalized spacial score (nSPS) is 11.3. The first kappa shape index (κ1) is 14.8. The van der Waals surface area contributed by atoms with Gasteiger partial charge in [-0.25, -0.2) is 17.9 Å². The van der Waals surface area contributed by atoms with E-state index in [0.717, 1.165) is 0 Å². The van der Waals surface area contributed by atoms with Gasteiger partial charge in [-0.3, -0.25) is 0 Å². The lowest BCUT2D eigenvalue weighted by atomic mass is 10.2. The second-order valence-corrected chi connectivity index (χ2v) is 6.46. The largest absolute Gasteiger partial charge is 0.396 e. The molecule has 0 atom stereocenters. The molecule has 20 heavy (non-hydrogen) atoms. The van der Waals surface area contributed by atoms with Gasteiger partial charge in [0.1, 0.15) is 10.7 Å². The van der Waals surface area contributed by atoms with Crippen molar-refractivity contribution in [1.29, 1.82) is 0 Å². The first-order valence-corrected chi connectivity index (χ1v) is 7.76. The fraction of sp³-hybridized carbons (Fsp3) is 0. The van der Waals surface area contributed by atoms with Gasteiger partial charge >= 0.3 is 0 Å². The standard InChI is InChI=1S/C12H11BrFN3O2S/c13-7-4-5-9(8(14)6-7)17-10-2-1-3-11(12(10)15)20(16,18)19/h1-6,17H,15H2,(H2,16,18,19). The van der Waals surface area contributed by atoms with E-state index >= 15 is 0 Å². The first-order chi connectivity index (χ1) is 9.29. The highest BCUT2D eigenvalue weighted by atomic mass is 79.9. The van der Waals surface area contributed by atoms with Crippen molar-refractivity contribution in [2.45, 2.75) is 4.90 Å². The fourth-order valence-corrected chi connectivity index (χ4v) is 2.65. The van der Waals surface area contributed by atoms with E-state index in [-0.39, 0.29) is 22.0 Å². The third-order valence-corrected chi connectivity index (χ3v) is 4.04. The van der Waals surface area contributed by atoms with Crippen LogP contribution in [-0.2, 0) is 10.0 Å². The van der Waals surface area contributed by atoms with Crippen molar-refractivity contribution in [1.82, 2.24) is 0 Å². The fourth-order valence-electron chi connectivity index (χ4n) is 1.64. The molecule has 0 aliphatic heterocycles. The Labute approximate surface area is 124 Å². The molecule has 0 bridgehead atoms. The molecule has 106 valence electrons. The Balaban J connectivity index is 2.45. The molecule has 0 saturated carbocycles. The number of primary sulfonamides is 1. The average molecular weight is 360 g/mol. The summed E-state index contributed by atoms with van der Waals surface area (Å²) in [5, 5.41) is 7.79. The SMILES string of the molecule is Nc1c(Nc2ccc(Br)cc2F)cccc1S(N)(=O)=O. The molecule has 2 aromatic carbocycles. The molecular formula is C12H11BrFN3O2S. The van der Waals surface area contributed by atoms with Crippen molar-refractivity contribution in [3.05, 3.63) is 46.7 Å². The van der Waals surface area contributed by atoms with E-state index in [9.17, 15) is 12.8 Å². The number of para-hydroxylation sites is 1. The van der Waals surface area contributed by atoms with E-state index in [4.69, 9.17) is 10.9 Å². The summed E-state index contributed by atoms with van der Waals surface area (Å²) in [6, 6.07) is 8.71. The number of hydrogen-bond acceptors (Lipinski definition) is 4. The molecule has 5 N–H and O–H groups in total. The molecule has 0 radical (unpaired) electrons. The average Bonchev–Trinajstić information content (AvgIpc) is 2.33. The Morgan fingerprint density at radius 2 is 1.85 bits per heavy atom. The van der Waals surface area contributed by atoms with E-state index in [1.807, 2.05) is 0 Å². The molecule has 0 fully saturated rings. The van der Waals surface area contributed by atoms with Crippen LogP contribution < -0.4 is 16.2 Å². The number of benzene rings is 2. The number of halogens is 2. The smallest absolute Gasteiger partial charge is 0.240 e. The van der Waals surface area contributed by atoms with Crippen molar-refractivity contribution in [2.75, 3.05) is 11.1 Å². The second-order valence-electron chi connectivity index (χ2n) is 4.01. The topological polar surface area (TPSA) is 98.2 Å². The molecule has 0 spiro atoms. The van der Waals surface area contributed by atoms with E-state index in [0.29, 0.717) is 4.47 Å². The minimum Gasteiger partial charge on any atom is -0.396 e. The summed E-state index contributed by atoms with van der Waals surface area (Å²) in [7, 11) is -3.93. The number of nitrogen functional groups attached to an aromatic ring is 1. The zero-order valence-electron chi connectivity index (χ0n) is 10.1. The van der Waals surface area contributed by atoms with Crippen molar-refractivity contribution in [3.63, 3.8) is 0 Å². The predicted octanol–water partition coefficient (Wildman–Crippen LogP) is 2.56. The van der Waals surface area contributed by atoms with Crippen LogP contribution in [0.3, 0.4) is 0 Å². The van der Waals surface area contributed by atoms with E-state index in [1.54, 1.807) is 6.07 Å². The Morgan fingerprint density at radius 1 is 1.15 bits per heavy atom. The Morgan fingerprint density at radius 3 is 2.45 bits per heavy atom. The molecule has 0 heterocycles. The van der Waals surface area contributed by atoms with Gasteiger partial charge in [-0.15, -0.1) is 0 Å². The lowest BCUT2D eigenvalue weighted by Gasteiger charge is -2.12. The Hall–Kier alpha value is -1.64. The molecule has 0 aliphatic carbocycles. The van der Waals surface area contributed by atoms with Crippen LogP contribution in [0.5, 0.6) is 0 Å². The van der Waals surface area contributed by atoms with Crippen LogP contribution in [0.2, 0.25) is 0 Å². The van der Waals surface area contributed by atoms with Crippen LogP contribution in [0.1, 0.15) is 0 Å². The van der Waals surface area contributed by atoms with Gasteiger partial charge in [0.15, 0.2) is 0 Å². The summed E-state index contributed by atoms with van der Waals surface area (Å²) in [6.07, 6.45) is 0. The van der Waals surface area contributed by atoms with Crippen LogP contribution in [0.15, 0.2) is 45.8 Å². The van der Waals surface area contributed by atoms with Gasteiger partial charge in [0.25, 0.3) is 0 Å². The summed E-state index contributed by atoms with van der Waals surface area (Å²) in [6.45, 7) is 0. The van der Waals surface area contributed by atoms with Gasteiger partial charge in [0.05, 0.1) is 17.1 Å². The second kappa shape index (κ2) is 5.39. The quantitative estimate of drug-likeness (QED) is 0.733. The van der Waals surface area contributed by atoms with Gasteiger partial charge in [0, 0.05) is 4.47 Å². The highest BCUT2D eigenvalue weighted by molar-refractivity contribution is 9.10. The molecule has 0 unspecified atom stereocenters. The predicted molar refractivity (Wildman–Crippen MR) is 79.6 cm³/mol. The first-order valence-electron chi connectivity index (χ1n) is 5.42. The number of sulfonamides is 1. The molecule has 0 aromatic heterocycles. The summed E-state index contributed by atoms with van der Waals surface area (Å²) in [5.74, 6) is -0.500. The lowest BCUT2D eigenvalue weighted by Crippen LogP contribution is -2.15. The molecular weight excluding hydrogens is 349 g/mol. The van der Waals surface area contributed by atoms with E-state index < -0.39 is 15.8 Å². The maximum Gasteiger partial charge on any atom is 0.240 e. The van der Waals surface area contributed by atoms with Gasteiger partial charge in [-0.1, -0.05) is 22.0 Å². The zero-order valence-corrected chi connectivity index (χ0v) is 12.5. The van der Waals surface area contributed by atoms with Crippen molar-refractivity contribution >= 4 is 43.0 Å². The van der Waals surface area contributed by atoms with Gasteiger partial charge in [-0.2, -0.15) is 0 Å². The van der Waals surface area contributed by atoms with Crippen LogP contribution in [-0.4, -0.2) is 8.42 Å². The summed E-state index contributed by atoms with van der Waals surface area (Å²) in [4.78, 5) is -0.208. The lowest BCUT2D eigenvalue weighted by molar-refractivity contribution is 0.598. The van der Waals surface area contributed by atoms with E-state index in [2.05, 4.69) is 21.2 Å². The molecule has 0 saturated heterocycles. The maximum absolute atomic E-state index is 13.7. The van der Waals surface area contributed by atoms with Crippen LogP contribution in [0, 0.1) is 5.82 Å². The third-order valence-electron chi connectivity index (χ3n) is 2.57. The number of anilines is 3. The molecule has 8 heteroatoms. The van der Waals surface area contributed by atoms with Crippen LogP contribution in [0.4, 0.5) is 21.5 Å². The summed E-state index contributed by atoms with van der Waals surface area (Å²) < 4.78 is 37.0. The highest BCUT2D eigenvalue weighted by Gasteiger charge is 2.15. The Bertz CT molecular complexity index is 765. The third kappa shape index (κ3) is 3.09. The molecule has 5 nitrogen and oxygen atoms in total. The number of nitrogens with two attached hydrogens (primary N) is 2. The zero-order chi connectivity index (χ0) is 14.9. The highest BCUT2D eigenvalue weighted by Crippen LogP contribution is 2.30. The monoisotopic (exact) mass is 359 g/mol. The van der Waals surface area contributed by atoms with Crippen LogP contribution in [0.25, 0.3) is 0 Å². The minimum absolute atomic E-state index is 0.0580. The number of hydrogen-bond donors (Lipinski definition) is 3. The van der Waals surface area contributed by atoms with Gasteiger partial charge in [-0.05, 0) is 30.3 Å². The Kier molecular flexibility index (Phi) is 3.98. The van der Waals surface area contributed by atoms with E-state index in [1.165, 1.54) is 30.3 Å². The molecule has 2 rings (SSSR count). The number of nitrogens with one attached hydrogen (secondary N) is 1. The van der Waals surface area contributed by atoms with Gasteiger partial charge < -0.3 is 11.1 Å².